The molecule has 2 N–H and O–H groups in total. The van der Waals surface area contributed by atoms with Gasteiger partial charge in [-0.1, -0.05) is 0 Å². The van der Waals surface area contributed by atoms with Crippen LogP contribution in [0.1, 0.15) is 19.8 Å². The van der Waals surface area contributed by atoms with Gasteiger partial charge in [-0.2, -0.15) is 13.2 Å². The molecule has 1 atom stereocenters. The largest absolute Gasteiger partial charge is 0.469 e. The van der Waals surface area contributed by atoms with Gasteiger partial charge in [-0.25, -0.2) is 0 Å². The lowest BCUT2D eigenvalue weighted by atomic mass is 10.3. The predicted octanol–water partition coefficient (Wildman–Crippen LogP) is 0.741. The van der Waals surface area contributed by atoms with Crippen LogP contribution in [0, 0.1) is 0 Å². The molecule has 0 aromatic rings. The topological polar surface area (TPSA) is 66.0 Å². The van der Waals surface area contributed by atoms with Crippen LogP contribution in [0.3, 0.4) is 0 Å². The number of carbonyl (C=O) groups excluding carboxylic acids is 1. The van der Waals surface area contributed by atoms with E-state index in [1.165, 1.54) is 12.0 Å². The molecule has 6 nitrogen and oxygen atoms in total. The first-order valence-electron chi connectivity index (χ1n) is 7.24. The van der Waals surface area contributed by atoms with Gasteiger partial charge in [0.1, 0.15) is 0 Å². The second-order valence-corrected chi connectivity index (χ2v) is 5.07. The molecular formula is C13H23F3N4O2. The lowest BCUT2D eigenvalue weighted by Crippen LogP contribution is -2.45. The summed E-state index contributed by atoms with van der Waals surface area (Å²) in [5, 5.41) is 6.11. The summed E-state index contributed by atoms with van der Waals surface area (Å²) in [5.41, 5.74) is 0. The van der Waals surface area contributed by atoms with Crippen molar-refractivity contribution in [3.05, 3.63) is 0 Å². The summed E-state index contributed by atoms with van der Waals surface area (Å²) in [7, 11) is 1.31. The predicted molar refractivity (Wildman–Crippen MR) is 76.6 cm³/mol. The first-order chi connectivity index (χ1) is 10.3. The van der Waals surface area contributed by atoms with E-state index in [4.69, 9.17) is 0 Å². The molecule has 1 rings (SSSR count). The van der Waals surface area contributed by atoms with Crippen molar-refractivity contribution in [3.63, 3.8) is 0 Å². The van der Waals surface area contributed by atoms with E-state index in [0.29, 0.717) is 32.0 Å². The number of rotatable bonds is 6. The van der Waals surface area contributed by atoms with Gasteiger partial charge in [-0.15, -0.1) is 0 Å². The van der Waals surface area contributed by atoms with Gasteiger partial charge in [-0.3, -0.25) is 14.7 Å². The van der Waals surface area contributed by atoms with Gasteiger partial charge in [0.25, 0.3) is 0 Å². The van der Waals surface area contributed by atoms with Crippen LogP contribution in [0.5, 0.6) is 0 Å². The molecule has 0 radical (unpaired) electrons. The van der Waals surface area contributed by atoms with Crippen LogP contribution >= 0.6 is 0 Å². The third-order valence-corrected chi connectivity index (χ3v) is 3.17. The normalized spacial score (nSPS) is 20.0. The SMILES string of the molecule is CCNC(=NCCC(=O)OC)NC1CCN(CC(F)(F)F)C1. The maximum Gasteiger partial charge on any atom is 0.401 e. The molecule has 1 unspecified atom stereocenters. The molecule has 1 fully saturated rings. The van der Waals surface area contributed by atoms with E-state index < -0.39 is 12.7 Å². The number of aliphatic imine (C=N–C) groups is 1. The van der Waals surface area contributed by atoms with Gasteiger partial charge in [0.2, 0.25) is 0 Å². The highest BCUT2D eigenvalue weighted by atomic mass is 19.4. The van der Waals surface area contributed by atoms with Gasteiger partial charge in [-0.05, 0) is 13.3 Å². The molecule has 1 aliphatic heterocycles. The fourth-order valence-corrected chi connectivity index (χ4v) is 2.22. The smallest absolute Gasteiger partial charge is 0.401 e. The molecule has 1 saturated heterocycles. The number of halogens is 3. The molecule has 1 aliphatic rings. The summed E-state index contributed by atoms with van der Waals surface area (Å²) in [6.07, 6.45) is -3.39. The monoisotopic (exact) mass is 324 g/mol. The number of likely N-dealkylation sites (tertiary alicyclic amines) is 1. The van der Waals surface area contributed by atoms with Crippen LogP contribution < -0.4 is 10.6 Å². The first-order valence-corrected chi connectivity index (χ1v) is 7.24. The summed E-state index contributed by atoms with van der Waals surface area (Å²) >= 11 is 0. The van der Waals surface area contributed by atoms with Crippen LogP contribution in [0.4, 0.5) is 13.2 Å². The van der Waals surface area contributed by atoms with Crippen molar-refractivity contribution in [2.75, 3.05) is 39.8 Å². The number of methoxy groups -OCH3 is 1. The Labute approximate surface area is 128 Å². The van der Waals surface area contributed by atoms with Crippen molar-refractivity contribution in [2.24, 2.45) is 4.99 Å². The van der Waals surface area contributed by atoms with E-state index in [1.807, 2.05) is 6.92 Å². The lowest BCUT2D eigenvalue weighted by Gasteiger charge is -2.19. The summed E-state index contributed by atoms with van der Waals surface area (Å²) in [5.74, 6) is 0.155. The zero-order valence-corrected chi connectivity index (χ0v) is 12.9. The van der Waals surface area contributed by atoms with Gasteiger partial charge in [0, 0.05) is 25.7 Å². The Bertz CT molecular complexity index is 388. The minimum atomic E-state index is -4.17. The number of carbonyl (C=O) groups is 1. The van der Waals surface area contributed by atoms with Crippen molar-refractivity contribution in [1.29, 1.82) is 0 Å². The minimum Gasteiger partial charge on any atom is -0.469 e. The molecule has 0 spiro atoms. The van der Waals surface area contributed by atoms with Crippen molar-refractivity contribution in [2.45, 2.75) is 32.0 Å². The number of esters is 1. The number of hydrogen-bond donors (Lipinski definition) is 2. The third kappa shape index (κ3) is 7.48. The van der Waals surface area contributed by atoms with Gasteiger partial charge in [0.05, 0.1) is 26.6 Å². The van der Waals surface area contributed by atoms with E-state index in [1.54, 1.807) is 0 Å². The van der Waals surface area contributed by atoms with Crippen molar-refractivity contribution < 1.29 is 22.7 Å². The molecule has 0 aliphatic carbocycles. The first kappa shape index (κ1) is 18.5. The van der Waals surface area contributed by atoms with E-state index >= 15 is 0 Å². The highest BCUT2D eigenvalue weighted by molar-refractivity contribution is 5.80. The molecule has 9 heteroatoms. The number of guanidine groups is 1. The average Bonchev–Trinajstić information content (AvgIpc) is 2.83. The zero-order valence-electron chi connectivity index (χ0n) is 12.9. The van der Waals surface area contributed by atoms with Crippen molar-refractivity contribution >= 4 is 11.9 Å². The second kappa shape index (κ2) is 8.82. The molecule has 0 bridgehead atoms. The Balaban J connectivity index is 2.43. The number of hydrogen-bond acceptors (Lipinski definition) is 4. The lowest BCUT2D eigenvalue weighted by molar-refractivity contribution is -0.143. The number of alkyl halides is 3. The Morgan fingerprint density at radius 3 is 2.77 bits per heavy atom. The maximum absolute atomic E-state index is 12.4. The molecule has 0 aromatic carbocycles. The summed E-state index contributed by atoms with van der Waals surface area (Å²) in [6.45, 7) is 2.62. The highest BCUT2D eigenvalue weighted by Crippen LogP contribution is 2.19. The van der Waals surface area contributed by atoms with E-state index in [-0.39, 0.29) is 25.0 Å². The number of nitrogens with one attached hydrogen (secondary N) is 2. The fraction of sp³-hybridized carbons (Fsp3) is 0.846. The van der Waals surface area contributed by atoms with Crippen molar-refractivity contribution in [1.82, 2.24) is 15.5 Å². The standard InChI is InChI=1S/C13H23F3N4O2/c1-3-17-12(18-6-4-11(21)22-2)19-10-5-7-20(8-10)9-13(14,15)16/h10H,3-9H2,1-2H3,(H2,17,18,19). The average molecular weight is 324 g/mol. The molecule has 128 valence electrons. The molecule has 0 amide bonds. The molecule has 1 heterocycles. The molecule has 22 heavy (non-hydrogen) atoms. The minimum absolute atomic E-state index is 0.0849. The van der Waals surface area contributed by atoms with Crippen LogP contribution in [0.15, 0.2) is 4.99 Å². The van der Waals surface area contributed by atoms with Crippen LogP contribution in [0.2, 0.25) is 0 Å². The van der Waals surface area contributed by atoms with E-state index in [9.17, 15) is 18.0 Å². The Morgan fingerprint density at radius 1 is 1.45 bits per heavy atom. The summed E-state index contributed by atoms with van der Waals surface area (Å²) in [4.78, 5) is 16.6. The quantitative estimate of drug-likeness (QED) is 0.429. The van der Waals surface area contributed by atoms with E-state index in [2.05, 4.69) is 20.4 Å². The number of ether oxygens (including phenoxy) is 1. The van der Waals surface area contributed by atoms with Gasteiger partial charge in [0.15, 0.2) is 5.96 Å². The Kier molecular flexibility index (Phi) is 7.43. The molecule has 0 saturated carbocycles. The van der Waals surface area contributed by atoms with Crippen LogP contribution in [-0.4, -0.2) is 68.9 Å². The zero-order chi connectivity index (χ0) is 16.6. The highest BCUT2D eigenvalue weighted by Gasteiger charge is 2.34. The summed E-state index contributed by atoms with van der Waals surface area (Å²) in [6, 6.07) is -0.0849. The second-order valence-electron chi connectivity index (χ2n) is 5.07. The van der Waals surface area contributed by atoms with Crippen LogP contribution in [0.25, 0.3) is 0 Å². The summed E-state index contributed by atoms with van der Waals surface area (Å²) < 4.78 is 41.6. The maximum atomic E-state index is 12.4. The fourth-order valence-electron chi connectivity index (χ4n) is 2.22. The van der Waals surface area contributed by atoms with Gasteiger partial charge >= 0.3 is 12.1 Å². The van der Waals surface area contributed by atoms with Crippen molar-refractivity contribution in [3.8, 4) is 0 Å². The number of nitrogens with zero attached hydrogens (tertiary/aromatic N) is 2. The third-order valence-electron chi connectivity index (χ3n) is 3.17. The Morgan fingerprint density at radius 2 is 2.18 bits per heavy atom. The van der Waals surface area contributed by atoms with Crippen LogP contribution in [-0.2, 0) is 9.53 Å². The van der Waals surface area contributed by atoms with E-state index in [0.717, 1.165) is 0 Å². The Hall–Kier alpha value is -1.51. The van der Waals surface area contributed by atoms with Gasteiger partial charge < -0.3 is 15.4 Å². The molecule has 0 aromatic heterocycles. The molecular weight excluding hydrogens is 301 g/mol.